The Balaban J connectivity index is 3.63. The molecule has 0 nitrogen and oxygen atoms in total. The molecule has 2 unspecified atom stereocenters. The zero-order valence-corrected chi connectivity index (χ0v) is 8.69. The van der Waals surface area contributed by atoms with Gasteiger partial charge in [0.2, 0.25) is 11.3 Å². The molecule has 0 spiro atoms. The van der Waals surface area contributed by atoms with Crippen LogP contribution in [0.15, 0.2) is 0 Å². The summed E-state index contributed by atoms with van der Waals surface area (Å²) in [6.45, 7) is 0. The SMILES string of the molecule is Fc1c(F)c(C(F)Cl)c(F)c(F)c1C(F)Cl. The van der Waals surface area contributed by atoms with Crippen LogP contribution in [0.5, 0.6) is 0 Å². The van der Waals surface area contributed by atoms with Crippen LogP contribution in [-0.4, -0.2) is 0 Å². The highest BCUT2D eigenvalue weighted by Crippen LogP contribution is 2.36. The minimum atomic E-state index is -2.80. The van der Waals surface area contributed by atoms with Crippen molar-refractivity contribution in [2.24, 2.45) is 0 Å². The Morgan fingerprint density at radius 2 is 0.812 bits per heavy atom. The lowest BCUT2D eigenvalue weighted by atomic mass is 10.1. The van der Waals surface area contributed by atoms with Crippen LogP contribution in [0.2, 0.25) is 0 Å². The first kappa shape index (κ1) is 13.4. The van der Waals surface area contributed by atoms with Gasteiger partial charge in [0.15, 0.2) is 23.3 Å². The van der Waals surface area contributed by atoms with Crippen molar-refractivity contribution in [2.45, 2.75) is 11.3 Å². The zero-order valence-electron chi connectivity index (χ0n) is 7.18. The molecule has 16 heavy (non-hydrogen) atoms. The van der Waals surface area contributed by atoms with Crippen LogP contribution in [0.3, 0.4) is 0 Å². The molecule has 2 atom stereocenters. The Morgan fingerprint density at radius 3 is 0.938 bits per heavy atom. The third-order valence-corrected chi connectivity index (χ3v) is 2.20. The Hall–Kier alpha value is -0.620. The molecule has 0 aliphatic carbocycles. The molecule has 1 aromatic rings. The van der Waals surface area contributed by atoms with E-state index >= 15 is 0 Å². The van der Waals surface area contributed by atoms with Gasteiger partial charge in [-0.25, -0.2) is 26.3 Å². The van der Waals surface area contributed by atoms with Gasteiger partial charge >= 0.3 is 0 Å². The van der Waals surface area contributed by atoms with Gasteiger partial charge < -0.3 is 0 Å². The predicted octanol–water partition coefficient (Wildman–Crippen LogP) is 4.66. The van der Waals surface area contributed by atoms with Crippen LogP contribution in [0.4, 0.5) is 26.3 Å². The van der Waals surface area contributed by atoms with Crippen LogP contribution in [0.1, 0.15) is 22.4 Å². The molecule has 0 bridgehead atoms. The summed E-state index contributed by atoms with van der Waals surface area (Å²) >= 11 is 9.37. The first-order chi connectivity index (χ1) is 7.29. The number of rotatable bonds is 2. The highest BCUT2D eigenvalue weighted by molar-refractivity contribution is 6.20. The summed E-state index contributed by atoms with van der Waals surface area (Å²) in [5, 5.41) is 0. The predicted molar refractivity (Wildman–Crippen MR) is 45.7 cm³/mol. The van der Waals surface area contributed by atoms with E-state index in [0.717, 1.165) is 0 Å². The lowest BCUT2D eigenvalue weighted by molar-refractivity contribution is 0.356. The molecule has 0 aliphatic rings. The third kappa shape index (κ3) is 2.08. The van der Waals surface area contributed by atoms with Gasteiger partial charge in [-0.2, -0.15) is 0 Å². The monoisotopic (exact) mass is 282 g/mol. The fourth-order valence-corrected chi connectivity index (χ4v) is 1.43. The first-order valence-corrected chi connectivity index (χ1v) is 4.58. The van der Waals surface area contributed by atoms with E-state index in [1.165, 1.54) is 0 Å². The number of hydrogen-bond donors (Lipinski definition) is 0. The van der Waals surface area contributed by atoms with Gasteiger partial charge in [-0.15, -0.1) is 0 Å². The summed E-state index contributed by atoms with van der Waals surface area (Å²) in [7, 11) is 0. The molecule has 0 saturated heterocycles. The second-order valence-corrected chi connectivity index (χ2v) is 3.45. The smallest absolute Gasteiger partial charge is 0.204 e. The zero-order chi connectivity index (χ0) is 12.6. The lowest BCUT2D eigenvalue weighted by Crippen LogP contribution is -2.08. The molecule has 0 amide bonds. The van der Waals surface area contributed by atoms with E-state index in [4.69, 9.17) is 0 Å². The fraction of sp³-hybridized carbons (Fsp3) is 0.250. The summed E-state index contributed by atoms with van der Waals surface area (Å²) in [4.78, 5) is 0. The lowest BCUT2D eigenvalue weighted by Gasteiger charge is -2.11. The van der Waals surface area contributed by atoms with Crippen molar-refractivity contribution in [3.05, 3.63) is 34.4 Å². The second kappa shape index (κ2) is 4.71. The maximum atomic E-state index is 13.0. The maximum Gasteiger partial charge on any atom is 0.204 e. The summed E-state index contributed by atoms with van der Waals surface area (Å²) < 4.78 is 76.9. The minimum Gasteiger partial charge on any atom is -0.224 e. The average molecular weight is 283 g/mol. The third-order valence-electron chi connectivity index (χ3n) is 1.77. The van der Waals surface area contributed by atoms with Gasteiger partial charge in [-0.05, 0) is 0 Å². The summed E-state index contributed by atoms with van der Waals surface area (Å²) in [5.74, 6) is -8.45. The Kier molecular flexibility index (Phi) is 3.96. The van der Waals surface area contributed by atoms with E-state index in [1.54, 1.807) is 0 Å². The Morgan fingerprint density at radius 1 is 0.625 bits per heavy atom. The average Bonchev–Trinajstić information content (AvgIpc) is 2.14. The Bertz CT molecular complexity index is 349. The fourth-order valence-electron chi connectivity index (χ4n) is 1.05. The van der Waals surface area contributed by atoms with Crippen molar-refractivity contribution in [1.82, 2.24) is 0 Å². The largest absolute Gasteiger partial charge is 0.224 e. The van der Waals surface area contributed by atoms with Gasteiger partial charge in [0.1, 0.15) is 0 Å². The summed E-state index contributed by atoms with van der Waals surface area (Å²) in [5.41, 5.74) is -8.91. The van der Waals surface area contributed by atoms with Crippen molar-refractivity contribution in [2.75, 3.05) is 0 Å². The second-order valence-electron chi connectivity index (χ2n) is 2.68. The highest BCUT2D eigenvalue weighted by atomic mass is 35.5. The van der Waals surface area contributed by atoms with E-state index in [-0.39, 0.29) is 0 Å². The highest BCUT2D eigenvalue weighted by Gasteiger charge is 2.31. The molecule has 8 heteroatoms. The molecule has 0 radical (unpaired) electrons. The quantitative estimate of drug-likeness (QED) is 0.421. The van der Waals surface area contributed by atoms with Crippen molar-refractivity contribution >= 4 is 23.2 Å². The summed E-state index contributed by atoms with van der Waals surface area (Å²) in [6, 6.07) is 0. The summed E-state index contributed by atoms with van der Waals surface area (Å²) in [6.07, 6.45) is 0. The number of benzene rings is 1. The molecule has 0 N–H and O–H groups in total. The standard InChI is InChI=1S/C8H2Cl2F6/c9-7(15)1-3(11)5(13)2(8(10)16)6(14)4(1)12/h7-8H. The number of alkyl halides is 4. The van der Waals surface area contributed by atoms with E-state index in [0.29, 0.717) is 0 Å². The minimum absolute atomic E-state index is 1.65. The molecular weight excluding hydrogens is 281 g/mol. The van der Waals surface area contributed by atoms with Gasteiger partial charge in [-0.3, -0.25) is 0 Å². The van der Waals surface area contributed by atoms with E-state index in [9.17, 15) is 26.3 Å². The van der Waals surface area contributed by atoms with Crippen LogP contribution in [-0.2, 0) is 0 Å². The van der Waals surface area contributed by atoms with Crippen molar-refractivity contribution in [3.8, 4) is 0 Å². The van der Waals surface area contributed by atoms with Crippen molar-refractivity contribution in [3.63, 3.8) is 0 Å². The van der Waals surface area contributed by atoms with Gasteiger partial charge in [0.05, 0.1) is 11.1 Å². The first-order valence-electron chi connectivity index (χ1n) is 3.71. The molecule has 0 aliphatic heterocycles. The number of halogens is 8. The Labute approximate surface area is 95.8 Å². The topological polar surface area (TPSA) is 0 Å². The van der Waals surface area contributed by atoms with Crippen LogP contribution in [0.25, 0.3) is 0 Å². The van der Waals surface area contributed by atoms with Crippen LogP contribution >= 0.6 is 23.2 Å². The van der Waals surface area contributed by atoms with E-state index < -0.39 is 45.7 Å². The molecule has 1 aromatic carbocycles. The normalized spacial score (nSPS) is 15.0. The molecule has 0 aromatic heterocycles. The van der Waals surface area contributed by atoms with Gasteiger partial charge in [0, 0.05) is 0 Å². The van der Waals surface area contributed by atoms with Gasteiger partial charge in [-0.1, -0.05) is 23.2 Å². The van der Waals surface area contributed by atoms with Crippen molar-refractivity contribution < 1.29 is 26.3 Å². The van der Waals surface area contributed by atoms with Crippen molar-refractivity contribution in [1.29, 1.82) is 0 Å². The van der Waals surface area contributed by atoms with E-state index in [2.05, 4.69) is 23.2 Å². The number of hydrogen-bond acceptors (Lipinski definition) is 0. The molecule has 1 rings (SSSR count). The van der Waals surface area contributed by atoms with E-state index in [1.807, 2.05) is 0 Å². The van der Waals surface area contributed by atoms with Crippen LogP contribution < -0.4 is 0 Å². The molecule has 0 heterocycles. The molecule has 90 valence electrons. The molecule has 0 saturated carbocycles. The molecule has 0 fully saturated rings. The molecular formula is C8H2Cl2F6. The van der Waals surface area contributed by atoms with Gasteiger partial charge in [0.25, 0.3) is 0 Å². The van der Waals surface area contributed by atoms with Crippen LogP contribution in [0, 0.1) is 23.3 Å². The maximum absolute atomic E-state index is 13.0.